The Morgan fingerprint density at radius 2 is 1.74 bits per heavy atom. The van der Waals surface area contributed by atoms with Gasteiger partial charge in [0.2, 0.25) is 5.91 Å². The summed E-state index contributed by atoms with van der Waals surface area (Å²) in [5, 5.41) is 2.88. The Labute approximate surface area is 118 Å². The van der Waals surface area contributed by atoms with Crippen molar-refractivity contribution in [3.05, 3.63) is 48.6 Å². The zero-order valence-corrected chi connectivity index (χ0v) is 12.4. The monoisotopic (exact) mass is 261 g/mol. The number of allylic oxidation sites excluding steroid dienone is 7. The van der Waals surface area contributed by atoms with Gasteiger partial charge in [-0.2, -0.15) is 0 Å². The number of hydrogen-bond acceptors (Lipinski definition) is 1. The van der Waals surface area contributed by atoms with Crippen LogP contribution in [0.15, 0.2) is 48.6 Å². The Morgan fingerprint density at radius 1 is 1.11 bits per heavy atom. The number of rotatable bonds is 9. The molecule has 1 N–H and O–H groups in total. The van der Waals surface area contributed by atoms with Crippen LogP contribution in [0.5, 0.6) is 0 Å². The molecule has 1 amide bonds. The molecular formula is C17H27NO. The molecule has 0 heterocycles. The van der Waals surface area contributed by atoms with Crippen molar-refractivity contribution in [2.75, 3.05) is 6.54 Å². The summed E-state index contributed by atoms with van der Waals surface area (Å²) in [6, 6.07) is 0. The molecule has 0 aliphatic carbocycles. The van der Waals surface area contributed by atoms with Gasteiger partial charge in [0, 0.05) is 12.6 Å². The fourth-order valence-electron chi connectivity index (χ4n) is 1.27. The van der Waals surface area contributed by atoms with Crippen molar-refractivity contribution in [1.82, 2.24) is 5.32 Å². The van der Waals surface area contributed by atoms with Crippen LogP contribution in [0.4, 0.5) is 0 Å². The van der Waals surface area contributed by atoms with Crippen LogP contribution >= 0.6 is 0 Å². The first-order chi connectivity index (χ1) is 9.20. The third-order valence-electron chi connectivity index (χ3n) is 2.76. The molecule has 0 aliphatic heterocycles. The highest BCUT2D eigenvalue weighted by Gasteiger charge is 1.99. The van der Waals surface area contributed by atoms with Gasteiger partial charge < -0.3 is 5.32 Å². The molecule has 2 nitrogen and oxygen atoms in total. The third-order valence-corrected chi connectivity index (χ3v) is 2.76. The second-order valence-corrected chi connectivity index (χ2v) is 4.58. The molecule has 0 aromatic heterocycles. The number of hydrogen-bond donors (Lipinski definition) is 1. The Kier molecular flexibility index (Phi) is 11.8. The van der Waals surface area contributed by atoms with Crippen LogP contribution in [0.1, 0.15) is 40.0 Å². The van der Waals surface area contributed by atoms with E-state index in [2.05, 4.69) is 31.3 Å². The smallest absolute Gasteiger partial charge is 0.243 e. The Hall–Kier alpha value is -1.57. The summed E-state index contributed by atoms with van der Waals surface area (Å²) in [6.45, 7) is 7.01. The fraction of sp³-hybridized carbons (Fsp3) is 0.471. The van der Waals surface area contributed by atoms with Gasteiger partial charge in [-0.15, -0.1) is 0 Å². The van der Waals surface area contributed by atoms with Gasteiger partial charge in [0.25, 0.3) is 0 Å². The van der Waals surface area contributed by atoms with E-state index in [1.165, 1.54) is 0 Å². The normalized spacial score (nSPS) is 14.1. The van der Waals surface area contributed by atoms with E-state index in [1.807, 2.05) is 31.2 Å². The third kappa shape index (κ3) is 12.7. The standard InChI is InChI=1S/C17H27NO/c1-4-6-7-8-9-10-11-12-13-14-17(19)18-15-16(3)5-2/h4,6-8,11-14,16H,5,9-10,15H2,1-3H3,(H,18,19)/b6-4+,8-7-,12-11+,14-13+/t16-/m0/s1. The van der Waals surface area contributed by atoms with Crippen LogP contribution in [0, 0.1) is 5.92 Å². The first-order valence-electron chi connectivity index (χ1n) is 7.09. The lowest BCUT2D eigenvalue weighted by molar-refractivity contribution is -0.116. The average molecular weight is 261 g/mol. The highest BCUT2D eigenvalue weighted by atomic mass is 16.1. The van der Waals surface area contributed by atoms with Crippen molar-refractivity contribution in [3.63, 3.8) is 0 Å². The van der Waals surface area contributed by atoms with Crippen LogP contribution in [0.2, 0.25) is 0 Å². The predicted molar refractivity (Wildman–Crippen MR) is 83.9 cm³/mol. The summed E-state index contributed by atoms with van der Waals surface area (Å²) in [4.78, 5) is 11.4. The number of carbonyl (C=O) groups excluding carboxylic acids is 1. The van der Waals surface area contributed by atoms with E-state index in [1.54, 1.807) is 12.2 Å². The van der Waals surface area contributed by atoms with Gasteiger partial charge in [0.1, 0.15) is 0 Å². The minimum atomic E-state index is -0.0158. The van der Waals surface area contributed by atoms with E-state index in [0.29, 0.717) is 5.92 Å². The molecule has 0 aromatic rings. The maximum atomic E-state index is 11.4. The lowest BCUT2D eigenvalue weighted by Crippen LogP contribution is -2.26. The van der Waals surface area contributed by atoms with Crippen molar-refractivity contribution in [2.24, 2.45) is 5.92 Å². The maximum Gasteiger partial charge on any atom is 0.243 e. The van der Waals surface area contributed by atoms with Gasteiger partial charge in [-0.1, -0.05) is 62.8 Å². The molecule has 19 heavy (non-hydrogen) atoms. The molecule has 0 aromatic carbocycles. The van der Waals surface area contributed by atoms with E-state index < -0.39 is 0 Å². The van der Waals surface area contributed by atoms with Crippen LogP contribution in [-0.2, 0) is 4.79 Å². The van der Waals surface area contributed by atoms with E-state index in [-0.39, 0.29) is 5.91 Å². The van der Waals surface area contributed by atoms with Crippen LogP contribution < -0.4 is 5.32 Å². The molecule has 0 aliphatic rings. The summed E-state index contributed by atoms with van der Waals surface area (Å²) in [5.41, 5.74) is 0. The van der Waals surface area contributed by atoms with Crippen molar-refractivity contribution < 1.29 is 4.79 Å². The molecule has 0 fully saturated rings. The van der Waals surface area contributed by atoms with Crippen molar-refractivity contribution in [2.45, 2.75) is 40.0 Å². The SMILES string of the molecule is C/C=C/C=C\CC/C=C/C=C/C(=O)NC[C@@H](C)CC. The zero-order valence-electron chi connectivity index (χ0n) is 12.4. The summed E-state index contributed by atoms with van der Waals surface area (Å²) in [5.74, 6) is 0.523. The molecule has 2 heteroatoms. The molecule has 0 radical (unpaired) electrons. The summed E-state index contributed by atoms with van der Waals surface area (Å²) >= 11 is 0. The van der Waals surface area contributed by atoms with Gasteiger partial charge >= 0.3 is 0 Å². The topological polar surface area (TPSA) is 29.1 Å². The van der Waals surface area contributed by atoms with Crippen LogP contribution in [0.3, 0.4) is 0 Å². The highest BCUT2D eigenvalue weighted by molar-refractivity contribution is 5.87. The van der Waals surface area contributed by atoms with Crippen molar-refractivity contribution in [3.8, 4) is 0 Å². The van der Waals surface area contributed by atoms with Gasteiger partial charge in [0.15, 0.2) is 0 Å². The van der Waals surface area contributed by atoms with Crippen LogP contribution in [-0.4, -0.2) is 12.5 Å². The van der Waals surface area contributed by atoms with Crippen molar-refractivity contribution >= 4 is 5.91 Å². The molecule has 0 spiro atoms. The first-order valence-corrected chi connectivity index (χ1v) is 7.09. The first kappa shape index (κ1) is 17.4. The maximum absolute atomic E-state index is 11.4. The molecule has 0 bridgehead atoms. The number of amides is 1. The van der Waals surface area contributed by atoms with Crippen LogP contribution in [0.25, 0.3) is 0 Å². The molecule has 0 unspecified atom stereocenters. The molecule has 0 rings (SSSR count). The molecule has 0 saturated heterocycles. The van der Waals surface area contributed by atoms with Gasteiger partial charge in [-0.25, -0.2) is 0 Å². The predicted octanol–water partition coefficient (Wildman–Crippen LogP) is 4.17. The molecule has 1 atom stereocenters. The summed E-state index contributed by atoms with van der Waals surface area (Å²) < 4.78 is 0. The zero-order chi connectivity index (χ0) is 14.3. The molecule has 106 valence electrons. The minimum absolute atomic E-state index is 0.0158. The number of nitrogens with one attached hydrogen (secondary N) is 1. The highest BCUT2D eigenvalue weighted by Crippen LogP contribution is 1.97. The van der Waals surface area contributed by atoms with Gasteiger partial charge in [0.05, 0.1) is 0 Å². The van der Waals surface area contributed by atoms with E-state index in [9.17, 15) is 4.79 Å². The van der Waals surface area contributed by atoms with Crippen molar-refractivity contribution in [1.29, 1.82) is 0 Å². The second-order valence-electron chi connectivity index (χ2n) is 4.58. The summed E-state index contributed by atoms with van der Waals surface area (Å²) in [7, 11) is 0. The molecule has 0 saturated carbocycles. The number of unbranched alkanes of at least 4 members (excludes halogenated alkanes) is 1. The Balaban J connectivity index is 3.68. The number of carbonyl (C=O) groups is 1. The quantitative estimate of drug-likeness (QED) is 0.376. The van der Waals surface area contributed by atoms with Gasteiger partial charge in [-0.05, 0) is 25.7 Å². The van der Waals surface area contributed by atoms with E-state index in [0.717, 1.165) is 25.8 Å². The largest absolute Gasteiger partial charge is 0.352 e. The minimum Gasteiger partial charge on any atom is -0.352 e. The van der Waals surface area contributed by atoms with E-state index in [4.69, 9.17) is 0 Å². The lowest BCUT2D eigenvalue weighted by Gasteiger charge is -2.07. The second kappa shape index (κ2) is 12.9. The lowest BCUT2D eigenvalue weighted by atomic mass is 10.1. The Bertz CT molecular complexity index is 337. The molecular weight excluding hydrogens is 234 g/mol. The average Bonchev–Trinajstić information content (AvgIpc) is 2.42. The Morgan fingerprint density at radius 3 is 2.32 bits per heavy atom. The van der Waals surface area contributed by atoms with Gasteiger partial charge in [-0.3, -0.25) is 4.79 Å². The summed E-state index contributed by atoms with van der Waals surface area (Å²) in [6.07, 6.45) is 18.7. The van der Waals surface area contributed by atoms with E-state index >= 15 is 0 Å². The fourth-order valence-corrected chi connectivity index (χ4v) is 1.27.